The van der Waals surface area contributed by atoms with Gasteiger partial charge in [-0.25, -0.2) is 9.59 Å². The molecule has 0 bridgehead atoms. The molecule has 0 atom stereocenters. The average molecular weight is 575 g/mol. The summed E-state index contributed by atoms with van der Waals surface area (Å²) in [5.41, 5.74) is 1.08. The van der Waals surface area contributed by atoms with Crippen LogP contribution in [0.15, 0.2) is 48.5 Å². The molecule has 0 aliphatic rings. The minimum atomic E-state index is -2.57. The van der Waals surface area contributed by atoms with Gasteiger partial charge in [-0.2, -0.15) is 0 Å². The first-order valence-electron chi connectivity index (χ1n) is 13.7. The van der Waals surface area contributed by atoms with Crippen LogP contribution in [0.3, 0.4) is 0 Å². The van der Waals surface area contributed by atoms with Crippen LogP contribution in [0, 0.1) is 0 Å². The Labute approximate surface area is 238 Å². The molecule has 0 saturated heterocycles. The van der Waals surface area contributed by atoms with E-state index in [0.29, 0.717) is 49.1 Å². The number of unbranched alkanes of at least 4 members (excludes halogenated alkanes) is 3. The maximum absolute atomic E-state index is 12.7. The molecule has 0 saturated carbocycles. The maximum atomic E-state index is 12.7. The number of carbonyl (C=O) groups is 2. The molecule has 220 valence electrons. The van der Waals surface area contributed by atoms with Crippen LogP contribution in [0.1, 0.15) is 62.4 Å². The maximum Gasteiger partial charge on any atom is 0.500 e. The standard InChI is InChI=1S/C30H42O9Si/c1-6-36-40(37-7-2,38-8-3)22-12-10-9-11-21-35-26-17-15-25(16-18-26)30(32)39-27-19-13-24(23-28(27)33-4)14-20-29(31)34-5/h13-20,23H,6-12,21-22H2,1-5H3/b20-14+. The van der Waals surface area contributed by atoms with E-state index in [4.69, 9.17) is 27.5 Å². The predicted molar refractivity (Wildman–Crippen MR) is 155 cm³/mol. The lowest BCUT2D eigenvalue weighted by molar-refractivity contribution is -0.134. The van der Waals surface area contributed by atoms with Gasteiger partial charge in [-0.05, 0) is 81.7 Å². The van der Waals surface area contributed by atoms with Gasteiger partial charge in [0.1, 0.15) is 5.75 Å². The fraction of sp³-hybridized carbons (Fsp3) is 0.467. The Kier molecular flexibility index (Phi) is 15.0. The summed E-state index contributed by atoms with van der Waals surface area (Å²) in [6.45, 7) is 8.27. The second-order valence-electron chi connectivity index (χ2n) is 8.68. The lowest BCUT2D eigenvalue weighted by Crippen LogP contribution is -2.45. The zero-order valence-electron chi connectivity index (χ0n) is 24.2. The highest BCUT2D eigenvalue weighted by atomic mass is 28.4. The van der Waals surface area contributed by atoms with E-state index in [1.807, 2.05) is 20.8 Å². The second kappa shape index (κ2) is 18.2. The van der Waals surface area contributed by atoms with Gasteiger partial charge in [0, 0.05) is 31.9 Å². The molecule has 0 aliphatic heterocycles. The van der Waals surface area contributed by atoms with E-state index in [-0.39, 0.29) is 5.75 Å². The van der Waals surface area contributed by atoms with Crippen LogP contribution in [-0.4, -0.2) is 61.4 Å². The third kappa shape index (κ3) is 11.1. The Balaban J connectivity index is 1.79. The minimum absolute atomic E-state index is 0.270. The van der Waals surface area contributed by atoms with Crippen molar-refractivity contribution >= 4 is 26.8 Å². The minimum Gasteiger partial charge on any atom is -0.494 e. The van der Waals surface area contributed by atoms with Crippen LogP contribution in [0.25, 0.3) is 6.08 Å². The zero-order valence-corrected chi connectivity index (χ0v) is 25.2. The van der Waals surface area contributed by atoms with Crippen molar-refractivity contribution in [3.05, 3.63) is 59.7 Å². The summed E-state index contributed by atoms with van der Waals surface area (Å²) >= 11 is 0. The molecule has 2 aromatic carbocycles. The number of rotatable bonds is 19. The number of hydrogen-bond donors (Lipinski definition) is 0. The first kappa shape index (κ1) is 33.0. The van der Waals surface area contributed by atoms with Crippen LogP contribution in [0.2, 0.25) is 6.04 Å². The molecule has 0 N–H and O–H groups in total. The van der Waals surface area contributed by atoms with Gasteiger partial charge in [0.15, 0.2) is 11.5 Å². The number of esters is 2. The molecule has 0 spiro atoms. The van der Waals surface area contributed by atoms with Gasteiger partial charge in [0.25, 0.3) is 0 Å². The van der Waals surface area contributed by atoms with E-state index in [1.54, 1.807) is 48.5 Å². The van der Waals surface area contributed by atoms with E-state index in [0.717, 1.165) is 31.7 Å². The van der Waals surface area contributed by atoms with E-state index in [1.165, 1.54) is 20.3 Å². The van der Waals surface area contributed by atoms with E-state index in [9.17, 15) is 9.59 Å². The van der Waals surface area contributed by atoms with Crippen molar-refractivity contribution < 1.29 is 41.8 Å². The molecule has 10 heteroatoms. The van der Waals surface area contributed by atoms with Gasteiger partial charge in [0.2, 0.25) is 0 Å². The Morgan fingerprint density at radius 1 is 0.800 bits per heavy atom. The van der Waals surface area contributed by atoms with Crippen molar-refractivity contribution in [2.75, 3.05) is 40.6 Å². The molecule has 0 unspecified atom stereocenters. The fourth-order valence-corrected chi connectivity index (χ4v) is 6.62. The molecule has 0 fully saturated rings. The third-order valence-electron chi connectivity index (χ3n) is 5.83. The molecular formula is C30H42O9Si. The van der Waals surface area contributed by atoms with Crippen LogP contribution in [0.4, 0.5) is 0 Å². The van der Waals surface area contributed by atoms with Crippen molar-refractivity contribution in [1.82, 2.24) is 0 Å². The molecular weight excluding hydrogens is 532 g/mol. The fourth-order valence-electron chi connectivity index (χ4n) is 3.94. The summed E-state index contributed by atoms with van der Waals surface area (Å²) in [6.07, 6.45) is 6.85. The topological polar surface area (TPSA) is 98.8 Å². The van der Waals surface area contributed by atoms with E-state index >= 15 is 0 Å². The molecule has 40 heavy (non-hydrogen) atoms. The van der Waals surface area contributed by atoms with Crippen molar-refractivity contribution in [3.8, 4) is 17.2 Å². The molecule has 0 amide bonds. The lowest BCUT2D eigenvalue weighted by atomic mass is 10.2. The monoisotopic (exact) mass is 574 g/mol. The first-order chi connectivity index (χ1) is 19.4. The van der Waals surface area contributed by atoms with Gasteiger partial charge in [-0.15, -0.1) is 0 Å². The molecule has 2 rings (SSSR count). The third-order valence-corrected chi connectivity index (χ3v) is 8.98. The smallest absolute Gasteiger partial charge is 0.494 e. The van der Waals surface area contributed by atoms with Crippen molar-refractivity contribution in [2.45, 2.75) is 52.5 Å². The lowest BCUT2D eigenvalue weighted by Gasteiger charge is -2.28. The van der Waals surface area contributed by atoms with E-state index in [2.05, 4.69) is 4.74 Å². The Morgan fingerprint density at radius 2 is 1.45 bits per heavy atom. The van der Waals surface area contributed by atoms with Crippen molar-refractivity contribution in [1.29, 1.82) is 0 Å². The zero-order chi connectivity index (χ0) is 29.2. The molecule has 0 aliphatic carbocycles. The summed E-state index contributed by atoms with van der Waals surface area (Å²) in [6, 6.07) is 12.6. The molecule has 0 radical (unpaired) electrons. The number of methoxy groups -OCH3 is 2. The second-order valence-corrected chi connectivity index (χ2v) is 11.4. The SMILES string of the molecule is CCO[Si](CCCCCCOc1ccc(C(=O)Oc2ccc(/C=C/C(=O)OC)cc2OC)cc1)(OCC)OCC. The Morgan fingerprint density at radius 3 is 2.05 bits per heavy atom. The average Bonchev–Trinajstić information content (AvgIpc) is 2.96. The Bertz CT molecular complexity index is 1050. The predicted octanol–water partition coefficient (Wildman–Crippen LogP) is 6.09. The summed E-state index contributed by atoms with van der Waals surface area (Å²) < 4.78 is 39.0. The highest BCUT2D eigenvalue weighted by Crippen LogP contribution is 2.29. The van der Waals surface area contributed by atoms with Crippen LogP contribution in [0.5, 0.6) is 17.2 Å². The van der Waals surface area contributed by atoms with Crippen molar-refractivity contribution in [3.63, 3.8) is 0 Å². The largest absolute Gasteiger partial charge is 0.500 e. The number of benzene rings is 2. The molecule has 2 aromatic rings. The number of ether oxygens (including phenoxy) is 4. The summed E-state index contributed by atoms with van der Waals surface area (Å²) in [5, 5.41) is 0. The molecule has 0 heterocycles. The van der Waals surface area contributed by atoms with Crippen LogP contribution >= 0.6 is 0 Å². The highest BCUT2D eigenvalue weighted by molar-refractivity contribution is 6.60. The van der Waals surface area contributed by atoms with E-state index < -0.39 is 20.7 Å². The highest BCUT2D eigenvalue weighted by Gasteiger charge is 2.39. The summed E-state index contributed by atoms with van der Waals surface area (Å²) in [7, 11) is 0.215. The van der Waals surface area contributed by atoms with Gasteiger partial charge in [-0.1, -0.05) is 18.9 Å². The normalized spacial score (nSPS) is 11.4. The Hall–Kier alpha value is -3.18. The first-order valence-corrected chi connectivity index (χ1v) is 15.6. The van der Waals surface area contributed by atoms with Gasteiger partial charge >= 0.3 is 20.7 Å². The van der Waals surface area contributed by atoms with Gasteiger partial charge < -0.3 is 32.2 Å². The quantitative estimate of drug-likeness (QED) is 0.0649. The van der Waals surface area contributed by atoms with Gasteiger partial charge in [-0.3, -0.25) is 0 Å². The van der Waals surface area contributed by atoms with Gasteiger partial charge in [0.05, 0.1) is 26.4 Å². The number of carbonyl (C=O) groups excluding carboxylic acids is 2. The molecule has 0 aromatic heterocycles. The number of hydrogen-bond acceptors (Lipinski definition) is 9. The molecule has 9 nitrogen and oxygen atoms in total. The summed E-state index contributed by atoms with van der Waals surface area (Å²) in [4.78, 5) is 24.0. The van der Waals surface area contributed by atoms with Crippen molar-refractivity contribution in [2.24, 2.45) is 0 Å². The van der Waals surface area contributed by atoms with Crippen LogP contribution in [-0.2, 0) is 22.8 Å². The van der Waals surface area contributed by atoms with Crippen LogP contribution < -0.4 is 14.2 Å². The summed E-state index contributed by atoms with van der Waals surface area (Å²) in [5.74, 6) is 0.331.